The number of nitrogens with zero attached hydrogens (tertiary/aromatic N) is 5. The van der Waals surface area contributed by atoms with E-state index in [1.165, 1.54) is 0 Å². The summed E-state index contributed by atoms with van der Waals surface area (Å²) in [6.45, 7) is 7.96. The molecule has 1 amide bonds. The van der Waals surface area contributed by atoms with Crippen molar-refractivity contribution in [2.75, 3.05) is 13.1 Å². The van der Waals surface area contributed by atoms with Gasteiger partial charge in [0.15, 0.2) is 5.82 Å². The predicted molar refractivity (Wildman–Crippen MR) is 108 cm³/mol. The molecule has 0 spiro atoms. The van der Waals surface area contributed by atoms with Gasteiger partial charge in [-0.15, -0.1) is 0 Å². The highest BCUT2D eigenvalue weighted by atomic mass is 35.5. The molecule has 0 bridgehead atoms. The molecule has 0 radical (unpaired) electrons. The normalized spacial score (nSPS) is 16.4. The van der Waals surface area contributed by atoms with Crippen molar-refractivity contribution < 1.29 is 9.18 Å². The summed E-state index contributed by atoms with van der Waals surface area (Å²) < 4.78 is 15.1. The van der Waals surface area contributed by atoms with Gasteiger partial charge in [-0.2, -0.15) is 0 Å². The molecule has 0 aromatic carbocycles. The van der Waals surface area contributed by atoms with Crippen molar-refractivity contribution >= 4 is 47.3 Å². The molecular formula is C19H21ClFN5O. The Morgan fingerprint density at radius 2 is 2.15 bits per heavy atom. The zero-order valence-corrected chi connectivity index (χ0v) is 16.1. The first-order valence-electron chi connectivity index (χ1n) is 8.72. The molecule has 8 heteroatoms. The molecule has 0 aliphatic carbocycles. The van der Waals surface area contributed by atoms with Gasteiger partial charge < -0.3 is 4.90 Å². The van der Waals surface area contributed by atoms with Crippen LogP contribution in [0.15, 0.2) is 28.4 Å². The zero-order valence-electron chi connectivity index (χ0n) is 15.3. The molecule has 142 valence electrons. The van der Waals surface area contributed by atoms with Crippen LogP contribution in [0.25, 0.3) is 16.9 Å². The van der Waals surface area contributed by atoms with Crippen molar-refractivity contribution in [2.45, 2.75) is 32.9 Å². The van der Waals surface area contributed by atoms with E-state index in [2.05, 4.69) is 21.7 Å². The van der Waals surface area contributed by atoms with Gasteiger partial charge >= 0.3 is 0 Å². The number of amides is 1. The second-order valence-electron chi connectivity index (χ2n) is 6.36. The first kappa shape index (κ1) is 19.2. The zero-order chi connectivity index (χ0) is 19.6. The van der Waals surface area contributed by atoms with E-state index in [4.69, 9.17) is 11.6 Å². The minimum atomic E-state index is -0.832. The molecule has 1 fully saturated rings. The summed E-state index contributed by atoms with van der Waals surface area (Å²) >= 11 is 6.38. The minimum absolute atomic E-state index is 0.147. The average Bonchev–Trinajstić information content (AvgIpc) is 2.97. The fraction of sp³-hybridized carbons (Fsp3) is 0.368. The molecule has 0 N–H and O–H groups in total. The Kier molecular flexibility index (Phi) is 5.70. The van der Waals surface area contributed by atoms with Gasteiger partial charge in [0.2, 0.25) is 0 Å². The van der Waals surface area contributed by atoms with E-state index in [0.717, 1.165) is 0 Å². The molecule has 27 heavy (non-hydrogen) atoms. The standard InChI is InChI=1S/C19H21ClFN5O/c1-4-23-10-17(22-3)26-11-16(20)15-9-14(12(2)24-18(15)26)19(27)25-7-5-13(21)6-8-25/h4,9-11,13H,3,5-8H2,1-2H3/b17-10+,23-4?. The smallest absolute Gasteiger partial charge is 0.255 e. The molecule has 3 rings (SSSR count). The van der Waals surface area contributed by atoms with Crippen molar-refractivity contribution in [3.63, 3.8) is 0 Å². The van der Waals surface area contributed by atoms with Crippen LogP contribution in [0.2, 0.25) is 5.02 Å². The summed E-state index contributed by atoms with van der Waals surface area (Å²) in [5.41, 5.74) is 1.62. The van der Waals surface area contributed by atoms with Crippen molar-refractivity contribution in [2.24, 2.45) is 9.98 Å². The number of piperidine rings is 1. The number of aromatic nitrogens is 2. The van der Waals surface area contributed by atoms with E-state index in [0.29, 0.717) is 59.1 Å². The number of rotatable bonds is 4. The molecule has 6 nitrogen and oxygen atoms in total. The third kappa shape index (κ3) is 3.78. The summed E-state index contributed by atoms with van der Waals surface area (Å²) in [6, 6.07) is 1.74. The van der Waals surface area contributed by atoms with Crippen LogP contribution in [0, 0.1) is 6.92 Å². The minimum Gasteiger partial charge on any atom is -0.338 e. The second-order valence-corrected chi connectivity index (χ2v) is 6.77. The third-order valence-electron chi connectivity index (χ3n) is 4.61. The maximum Gasteiger partial charge on any atom is 0.255 e. The fourth-order valence-corrected chi connectivity index (χ4v) is 3.37. The maximum atomic E-state index is 13.4. The van der Waals surface area contributed by atoms with Crippen molar-refractivity contribution in [1.82, 2.24) is 14.5 Å². The molecule has 2 aromatic rings. The summed E-state index contributed by atoms with van der Waals surface area (Å²) in [7, 11) is 0. The van der Waals surface area contributed by atoms with Gasteiger partial charge in [-0.3, -0.25) is 14.4 Å². The van der Waals surface area contributed by atoms with Crippen molar-refractivity contribution in [3.05, 3.63) is 34.7 Å². The Morgan fingerprint density at radius 1 is 1.44 bits per heavy atom. The van der Waals surface area contributed by atoms with Crippen LogP contribution >= 0.6 is 11.6 Å². The van der Waals surface area contributed by atoms with Crippen LogP contribution in [0.3, 0.4) is 0 Å². The first-order valence-corrected chi connectivity index (χ1v) is 9.10. The number of hydrogen-bond acceptors (Lipinski definition) is 4. The number of aryl methyl sites for hydroxylation is 1. The van der Waals surface area contributed by atoms with Crippen LogP contribution in [-0.2, 0) is 0 Å². The Bertz CT molecular complexity index is 941. The van der Waals surface area contributed by atoms with Crippen LogP contribution in [-0.4, -0.2) is 52.6 Å². The molecule has 1 aliphatic heterocycles. The van der Waals surface area contributed by atoms with Crippen LogP contribution in [0.5, 0.6) is 0 Å². The highest BCUT2D eigenvalue weighted by Gasteiger charge is 2.25. The number of alkyl halides is 1. The SMILES string of the molecule is C=N/C(=C\N=CC)n1cc(Cl)c2cc(C(=O)N3CCC(F)CC3)c(C)nc21. The Morgan fingerprint density at radius 3 is 2.78 bits per heavy atom. The molecule has 1 aliphatic rings. The second kappa shape index (κ2) is 8.00. The Balaban J connectivity index is 2.04. The molecule has 1 saturated heterocycles. The fourth-order valence-electron chi connectivity index (χ4n) is 3.13. The molecule has 0 atom stereocenters. The van der Waals surface area contributed by atoms with Crippen LogP contribution in [0.4, 0.5) is 4.39 Å². The summed E-state index contributed by atoms with van der Waals surface area (Å²) in [5.74, 6) is 0.326. The molecule has 0 unspecified atom stereocenters. The van der Waals surface area contributed by atoms with Gasteiger partial charge in [0, 0.05) is 30.9 Å². The number of hydrogen-bond donors (Lipinski definition) is 0. The summed E-state index contributed by atoms with van der Waals surface area (Å²) in [5, 5.41) is 1.09. The lowest BCUT2D eigenvalue weighted by Crippen LogP contribution is -2.39. The number of fused-ring (bicyclic) bond motifs is 1. The third-order valence-corrected chi connectivity index (χ3v) is 4.91. The van der Waals surface area contributed by atoms with Crippen LogP contribution < -0.4 is 0 Å². The number of pyridine rings is 1. The number of carbonyl (C=O) groups is 1. The van der Waals surface area contributed by atoms with E-state index in [9.17, 15) is 9.18 Å². The Labute approximate surface area is 162 Å². The van der Waals surface area contributed by atoms with E-state index in [-0.39, 0.29) is 5.91 Å². The number of likely N-dealkylation sites (tertiary alicyclic amines) is 1. The number of aliphatic imine (C=N–C) groups is 2. The maximum absolute atomic E-state index is 13.4. The van der Waals surface area contributed by atoms with Crippen molar-refractivity contribution in [3.8, 4) is 0 Å². The molecule has 0 saturated carbocycles. The quantitative estimate of drug-likeness (QED) is 0.738. The summed E-state index contributed by atoms with van der Waals surface area (Å²) in [6.07, 6.45) is 4.77. The lowest BCUT2D eigenvalue weighted by atomic mass is 10.1. The highest BCUT2D eigenvalue weighted by molar-refractivity contribution is 6.35. The van der Waals surface area contributed by atoms with Crippen molar-refractivity contribution in [1.29, 1.82) is 0 Å². The largest absolute Gasteiger partial charge is 0.338 e. The van der Waals surface area contributed by atoms with Gasteiger partial charge in [-0.25, -0.2) is 14.4 Å². The average molecular weight is 390 g/mol. The number of halogens is 2. The van der Waals surface area contributed by atoms with E-state index in [1.807, 2.05) is 0 Å². The monoisotopic (exact) mass is 389 g/mol. The number of carbonyl (C=O) groups excluding carboxylic acids is 1. The topological polar surface area (TPSA) is 62.9 Å². The van der Waals surface area contributed by atoms with Crippen LogP contribution in [0.1, 0.15) is 35.8 Å². The van der Waals surface area contributed by atoms with E-state index in [1.54, 1.807) is 48.0 Å². The Hall–Kier alpha value is -2.54. The summed E-state index contributed by atoms with van der Waals surface area (Å²) in [4.78, 5) is 27.2. The first-order chi connectivity index (χ1) is 13.0. The van der Waals surface area contributed by atoms with Gasteiger partial charge in [0.25, 0.3) is 5.91 Å². The molecular weight excluding hydrogens is 369 g/mol. The molecule has 3 heterocycles. The lowest BCUT2D eigenvalue weighted by Gasteiger charge is -2.29. The van der Waals surface area contributed by atoms with E-state index >= 15 is 0 Å². The molecule has 2 aromatic heterocycles. The lowest BCUT2D eigenvalue weighted by molar-refractivity contribution is 0.0666. The predicted octanol–water partition coefficient (Wildman–Crippen LogP) is 4.12. The van der Waals surface area contributed by atoms with Gasteiger partial charge in [-0.1, -0.05) is 11.6 Å². The van der Waals surface area contributed by atoms with Gasteiger partial charge in [0.1, 0.15) is 11.8 Å². The highest BCUT2D eigenvalue weighted by Crippen LogP contribution is 2.30. The van der Waals surface area contributed by atoms with Gasteiger partial charge in [0.05, 0.1) is 22.5 Å². The van der Waals surface area contributed by atoms with Gasteiger partial charge in [-0.05, 0) is 39.5 Å². The van der Waals surface area contributed by atoms with E-state index < -0.39 is 6.17 Å².